The number of anilines is 1. The molecule has 1 saturated heterocycles. The van der Waals surface area contributed by atoms with Gasteiger partial charge in [-0.05, 0) is 39.8 Å². The van der Waals surface area contributed by atoms with Crippen LogP contribution in [0.1, 0.15) is 19.8 Å². The van der Waals surface area contributed by atoms with Crippen LogP contribution in [0.4, 0.5) is 5.69 Å². The summed E-state index contributed by atoms with van der Waals surface area (Å²) >= 11 is 0. The minimum Gasteiger partial charge on any atom is -0.357 e. The highest BCUT2D eigenvalue weighted by Crippen LogP contribution is 2.34. The van der Waals surface area contributed by atoms with Crippen molar-refractivity contribution in [2.24, 2.45) is 18.0 Å². The van der Waals surface area contributed by atoms with Crippen LogP contribution in [0.25, 0.3) is 0 Å². The Labute approximate surface area is 155 Å². The maximum atomic E-state index is 12.6. The van der Waals surface area contributed by atoms with Crippen LogP contribution in [0, 0.1) is 5.92 Å². The van der Waals surface area contributed by atoms with Crippen LogP contribution in [0.2, 0.25) is 0 Å². The number of aryl methyl sites for hydroxylation is 1. The highest BCUT2D eigenvalue weighted by molar-refractivity contribution is 5.98. The number of rotatable bonds is 6. The molecule has 1 amide bonds. The quantitative estimate of drug-likeness (QED) is 0.586. The lowest BCUT2D eigenvalue weighted by molar-refractivity contribution is -0.120. The fourth-order valence-corrected chi connectivity index (χ4v) is 3.50. The molecule has 0 radical (unpaired) electrons. The number of nitrogens with one attached hydrogen (secondary N) is 1. The summed E-state index contributed by atoms with van der Waals surface area (Å²) in [6.45, 7) is 5.39. The second-order valence-corrected chi connectivity index (χ2v) is 7.40. The third kappa shape index (κ3) is 4.35. The van der Waals surface area contributed by atoms with E-state index in [1.807, 2.05) is 13.2 Å². The van der Waals surface area contributed by atoms with Gasteiger partial charge in [-0.15, -0.1) is 0 Å². The molecule has 1 N–H and O–H groups in total. The van der Waals surface area contributed by atoms with Crippen molar-refractivity contribution in [3.05, 3.63) is 12.4 Å². The van der Waals surface area contributed by atoms with Gasteiger partial charge in [-0.1, -0.05) is 0 Å². The van der Waals surface area contributed by atoms with Crippen molar-refractivity contribution in [2.45, 2.75) is 25.8 Å². The first-order valence-electron chi connectivity index (χ1n) is 9.48. The van der Waals surface area contributed by atoms with Gasteiger partial charge in [-0.3, -0.25) is 14.5 Å². The van der Waals surface area contributed by atoms with Gasteiger partial charge >= 0.3 is 0 Å². The summed E-state index contributed by atoms with van der Waals surface area (Å²) in [5.41, 5.74) is 0.862. The molecule has 2 aliphatic rings. The zero-order valence-electron chi connectivity index (χ0n) is 16.4. The van der Waals surface area contributed by atoms with Crippen LogP contribution < -0.4 is 10.2 Å². The van der Waals surface area contributed by atoms with Gasteiger partial charge in [0.1, 0.15) is 6.54 Å². The minimum absolute atomic E-state index is 0.0844. The molecule has 3 rings (SSSR count). The number of amides is 1. The van der Waals surface area contributed by atoms with Crippen molar-refractivity contribution in [1.29, 1.82) is 0 Å². The molecule has 1 unspecified atom stereocenters. The van der Waals surface area contributed by atoms with Crippen LogP contribution >= 0.6 is 0 Å². The number of guanidine groups is 1. The van der Waals surface area contributed by atoms with Crippen LogP contribution in [-0.2, 0) is 11.8 Å². The van der Waals surface area contributed by atoms with E-state index in [1.165, 1.54) is 12.8 Å². The van der Waals surface area contributed by atoms with E-state index in [0.717, 1.165) is 37.2 Å². The predicted octanol–water partition coefficient (Wildman–Crippen LogP) is 0.374. The van der Waals surface area contributed by atoms with E-state index in [4.69, 9.17) is 4.99 Å². The van der Waals surface area contributed by atoms with Gasteiger partial charge in [-0.25, -0.2) is 0 Å². The number of likely N-dealkylation sites (N-methyl/N-ethyl adjacent to an activating group) is 1. The Hall–Kier alpha value is -2.09. The van der Waals surface area contributed by atoms with E-state index in [1.54, 1.807) is 15.8 Å². The minimum atomic E-state index is 0.0844. The average molecular weight is 361 g/mol. The largest absolute Gasteiger partial charge is 0.357 e. The zero-order chi connectivity index (χ0) is 18.7. The summed E-state index contributed by atoms with van der Waals surface area (Å²) in [5.74, 6) is 1.70. The van der Waals surface area contributed by atoms with Gasteiger partial charge in [0.05, 0.1) is 18.4 Å². The lowest BCUT2D eigenvalue weighted by Gasteiger charge is -2.35. The van der Waals surface area contributed by atoms with Gasteiger partial charge in [0.25, 0.3) is 0 Å². The van der Waals surface area contributed by atoms with Gasteiger partial charge in [0, 0.05) is 38.9 Å². The Bertz CT molecular complexity index is 648. The molecule has 0 spiro atoms. The summed E-state index contributed by atoms with van der Waals surface area (Å²) in [6, 6.07) is 0.482. The number of hydrogen-bond donors (Lipinski definition) is 1. The maximum Gasteiger partial charge on any atom is 0.246 e. The molecule has 1 atom stereocenters. The molecular weight excluding hydrogens is 330 g/mol. The maximum absolute atomic E-state index is 12.6. The molecule has 1 aromatic heterocycles. The molecule has 1 aliphatic heterocycles. The monoisotopic (exact) mass is 361 g/mol. The summed E-state index contributed by atoms with van der Waals surface area (Å²) in [4.78, 5) is 23.7. The van der Waals surface area contributed by atoms with E-state index in [2.05, 4.69) is 41.2 Å². The fraction of sp³-hybridized carbons (Fsp3) is 0.722. The molecule has 2 heterocycles. The number of aliphatic imine (C=N–C) groups is 1. The number of hydrogen-bond acceptors (Lipinski definition) is 4. The van der Waals surface area contributed by atoms with E-state index in [-0.39, 0.29) is 5.91 Å². The van der Waals surface area contributed by atoms with E-state index >= 15 is 0 Å². The molecule has 1 aromatic rings. The van der Waals surface area contributed by atoms with Gasteiger partial charge in [0.15, 0.2) is 5.96 Å². The Morgan fingerprint density at radius 1 is 1.42 bits per heavy atom. The highest BCUT2D eigenvalue weighted by Gasteiger charge is 2.33. The molecule has 144 valence electrons. The number of aromatic nitrogens is 2. The number of nitrogens with zero attached hydrogens (tertiary/aromatic N) is 6. The van der Waals surface area contributed by atoms with Gasteiger partial charge < -0.3 is 20.0 Å². The van der Waals surface area contributed by atoms with Crippen molar-refractivity contribution in [1.82, 2.24) is 24.9 Å². The Kier molecular flexibility index (Phi) is 5.80. The third-order valence-corrected chi connectivity index (χ3v) is 5.12. The van der Waals surface area contributed by atoms with Crippen molar-refractivity contribution >= 4 is 17.6 Å². The van der Waals surface area contributed by atoms with Crippen LogP contribution in [0.5, 0.6) is 0 Å². The third-order valence-electron chi connectivity index (χ3n) is 5.12. The Morgan fingerprint density at radius 2 is 2.19 bits per heavy atom. The van der Waals surface area contributed by atoms with Crippen LogP contribution in [0.3, 0.4) is 0 Å². The highest BCUT2D eigenvalue weighted by atomic mass is 16.2. The van der Waals surface area contributed by atoms with E-state index in [0.29, 0.717) is 19.1 Å². The summed E-state index contributed by atoms with van der Waals surface area (Å²) < 4.78 is 1.72. The average Bonchev–Trinajstić information content (AvgIpc) is 3.34. The molecular formula is C18H31N7O. The SMILES string of the molecule is CCNC(=NCC(C1CC1)N(C)C)N1CCN(c2cnn(C)c2)C(=O)C1. The van der Waals surface area contributed by atoms with E-state index < -0.39 is 0 Å². The fourth-order valence-electron chi connectivity index (χ4n) is 3.50. The lowest BCUT2D eigenvalue weighted by Crippen LogP contribution is -2.55. The van der Waals surface area contributed by atoms with Crippen molar-refractivity contribution < 1.29 is 4.79 Å². The van der Waals surface area contributed by atoms with Crippen LogP contribution in [0.15, 0.2) is 17.4 Å². The molecule has 8 nitrogen and oxygen atoms in total. The summed E-state index contributed by atoms with van der Waals surface area (Å²) in [6.07, 6.45) is 6.22. The molecule has 1 aliphatic carbocycles. The number of piperazine rings is 1. The normalized spacial score (nSPS) is 20.0. The first-order valence-corrected chi connectivity index (χ1v) is 9.48. The molecule has 1 saturated carbocycles. The molecule has 0 bridgehead atoms. The summed E-state index contributed by atoms with van der Waals surface area (Å²) in [7, 11) is 6.12. The first-order chi connectivity index (χ1) is 12.5. The van der Waals surface area contributed by atoms with Crippen molar-refractivity contribution in [2.75, 3.05) is 51.7 Å². The zero-order valence-corrected chi connectivity index (χ0v) is 16.4. The first kappa shape index (κ1) is 18.7. The van der Waals surface area contributed by atoms with Crippen molar-refractivity contribution in [3.8, 4) is 0 Å². The topological polar surface area (TPSA) is 69.0 Å². The number of carbonyl (C=O) groups excluding carboxylic acids is 1. The predicted molar refractivity (Wildman–Crippen MR) is 103 cm³/mol. The Balaban J connectivity index is 1.65. The van der Waals surface area contributed by atoms with Crippen molar-refractivity contribution in [3.63, 3.8) is 0 Å². The van der Waals surface area contributed by atoms with Gasteiger partial charge in [-0.2, -0.15) is 5.10 Å². The molecule has 0 aromatic carbocycles. The molecule has 26 heavy (non-hydrogen) atoms. The van der Waals surface area contributed by atoms with Crippen LogP contribution in [-0.4, -0.2) is 84.3 Å². The lowest BCUT2D eigenvalue weighted by atomic mass is 10.2. The van der Waals surface area contributed by atoms with Gasteiger partial charge in [0.2, 0.25) is 5.91 Å². The molecule has 8 heteroatoms. The standard InChI is InChI=1S/C18H31N7O/c1-5-19-18(20-11-16(22(2)3)14-6-7-14)24-8-9-25(17(26)13-24)15-10-21-23(4)12-15/h10,12,14,16H,5-9,11,13H2,1-4H3,(H,19,20). The summed E-state index contributed by atoms with van der Waals surface area (Å²) in [5, 5.41) is 7.52. The Morgan fingerprint density at radius 3 is 2.73 bits per heavy atom. The van der Waals surface area contributed by atoms with E-state index in [9.17, 15) is 4.79 Å². The smallest absolute Gasteiger partial charge is 0.246 e. The second-order valence-electron chi connectivity index (χ2n) is 7.40. The number of carbonyl (C=O) groups is 1. The molecule has 2 fully saturated rings. The second kappa shape index (κ2) is 8.07.